The highest BCUT2D eigenvalue weighted by Gasteiger charge is 2.25. The van der Waals surface area contributed by atoms with Crippen molar-refractivity contribution in [3.8, 4) is 17.2 Å². The third-order valence-electron chi connectivity index (χ3n) is 7.35. The van der Waals surface area contributed by atoms with E-state index >= 15 is 0 Å². The predicted octanol–water partition coefficient (Wildman–Crippen LogP) is 5.75. The SMILES string of the molecule is CCCCN(CC(=O)N(Cc1ccccc1)Cc1cccn1Cc1cccc(OC)c1)C(=O)c1ccc2c(c1)OCO2. The van der Waals surface area contributed by atoms with Gasteiger partial charge in [0.05, 0.1) is 13.7 Å². The van der Waals surface area contributed by atoms with Gasteiger partial charge in [-0.1, -0.05) is 55.8 Å². The minimum absolute atomic E-state index is 0.0172. The maximum atomic E-state index is 14.0. The van der Waals surface area contributed by atoms with Gasteiger partial charge in [-0.25, -0.2) is 0 Å². The van der Waals surface area contributed by atoms with E-state index in [-0.39, 0.29) is 25.2 Å². The fourth-order valence-electron chi connectivity index (χ4n) is 5.02. The molecule has 0 unspecified atom stereocenters. The van der Waals surface area contributed by atoms with E-state index in [1.54, 1.807) is 30.2 Å². The highest BCUT2D eigenvalue weighted by molar-refractivity contribution is 5.97. The number of hydrogen-bond acceptors (Lipinski definition) is 5. The molecule has 0 N–H and O–H groups in total. The highest BCUT2D eigenvalue weighted by atomic mass is 16.7. The van der Waals surface area contributed by atoms with Crippen LogP contribution in [0.3, 0.4) is 0 Å². The highest BCUT2D eigenvalue weighted by Crippen LogP contribution is 2.33. The van der Waals surface area contributed by atoms with Crippen molar-refractivity contribution in [2.45, 2.75) is 39.4 Å². The van der Waals surface area contributed by atoms with E-state index in [9.17, 15) is 9.59 Å². The molecule has 0 aliphatic carbocycles. The zero-order valence-corrected chi connectivity index (χ0v) is 24.2. The van der Waals surface area contributed by atoms with Crippen molar-refractivity contribution in [2.75, 3.05) is 27.0 Å². The fourth-order valence-corrected chi connectivity index (χ4v) is 5.02. The average molecular weight is 568 g/mol. The molecule has 0 bridgehead atoms. The quantitative estimate of drug-likeness (QED) is 0.206. The van der Waals surface area contributed by atoms with E-state index < -0.39 is 0 Å². The number of fused-ring (bicyclic) bond motifs is 1. The average Bonchev–Trinajstić information content (AvgIpc) is 3.68. The maximum Gasteiger partial charge on any atom is 0.254 e. The Morgan fingerprint density at radius 3 is 2.48 bits per heavy atom. The van der Waals surface area contributed by atoms with Gasteiger partial charge >= 0.3 is 0 Å². The second-order valence-corrected chi connectivity index (χ2v) is 10.4. The minimum atomic E-state index is -0.198. The lowest BCUT2D eigenvalue weighted by atomic mass is 10.1. The molecule has 8 nitrogen and oxygen atoms in total. The number of benzene rings is 3. The fraction of sp³-hybridized carbons (Fsp3) is 0.294. The van der Waals surface area contributed by atoms with Crippen LogP contribution in [0.25, 0.3) is 0 Å². The molecule has 1 aliphatic heterocycles. The monoisotopic (exact) mass is 567 g/mol. The zero-order valence-electron chi connectivity index (χ0n) is 24.2. The molecular weight excluding hydrogens is 530 g/mol. The molecule has 8 heteroatoms. The van der Waals surface area contributed by atoms with Crippen molar-refractivity contribution in [2.24, 2.45) is 0 Å². The van der Waals surface area contributed by atoms with Gasteiger partial charge in [-0.15, -0.1) is 0 Å². The third kappa shape index (κ3) is 7.13. The Morgan fingerprint density at radius 1 is 0.857 bits per heavy atom. The number of nitrogens with zero attached hydrogens (tertiary/aromatic N) is 3. The zero-order chi connectivity index (χ0) is 29.3. The minimum Gasteiger partial charge on any atom is -0.497 e. The van der Waals surface area contributed by atoms with Crippen LogP contribution in [-0.4, -0.2) is 53.2 Å². The molecule has 0 spiro atoms. The summed E-state index contributed by atoms with van der Waals surface area (Å²) in [6.45, 7) is 4.17. The number of hydrogen-bond donors (Lipinski definition) is 0. The lowest BCUT2D eigenvalue weighted by Gasteiger charge is -2.28. The Kier molecular flexibility index (Phi) is 9.44. The molecule has 1 aromatic heterocycles. The van der Waals surface area contributed by atoms with Gasteiger partial charge in [0.25, 0.3) is 5.91 Å². The van der Waals surface area contributed by atoms with Crippen LogP contribution in [0.5, 0.6) is 17.2 Å². The van der Waals surface area contributed by atoms with Crippen LogP contribution < -0.4 is 14.2 Å². The molecule has 4 aromatic rings. The van der Waals surface area contributed by atoms with Gasteiger partial charge in [-0.3, -0.25) is 9.59 Å². The Morgan fingerprint density at radius 2 is 1.67 bits per heavy atom. The standard InChI is InChI=1S/C34H37N3O5/c1-3-4-17-36(34(39)28-15-16-31-32(20-28)42-25-41-31)24-33(38)37(21-26-10-6-5-7-11-26)23-29-13-9-18-35(29)22-27-12-8-14-30(19-27)40-2/h5-16,18-20H,3-4,17,21-25H2,1-2H3. The lowest BCUT2D eigenvalue weighted by molar-refractivity contribution is -0.133. The van der Waals surface area contributed by atoms with Gasteiger partial charge < -0.3 is 28.6 Å². The van der Waals surface area contributed by atoms with Crippen molar-refractivity contribution in [3.05, 3.63) is 114 Å². The number of carbonyl (C=O) groups excluding carboxylic acids is 2. The van der Waals surface area contributed by atoms with Crippen LogP contribution in [0.4, 0.5) is 0 Å². The van der Waals surface area contributed by atoms with E-state index in [0.29, 0.717) is 43.2 Å². The van der Waals surface area contributed by atoms with Crippen molar-refractivity contribution >= 4 is 11.8 Å². The first kappa shape index (κ1) is 28.8. The van der Waals surface area contributed by atoms with E-state index in [1.807, 2.05) is 71.8 Å². The summed E-state index contributed by atoms with van der Waals surface area (Å²) in [6, 6.07) is 27.1. The molecule has 0 saturated heterocycles. The van der Waals surface area contributed by atoms with E-state index in [0.717, 1.165) is 35.4 Å². The van der Waals surface area contributed by atoms with Crippen LogP contribution in [0, 0.1) is 0 Å². The summed E-state index contributed by atoms with van der Waals surface area (Å²) in [6.07, 6.45) is 3.73. The maximum absolute atomic E-state index is 14.0. The Labute approximate surface area is 247 Å². The third-order valence-corrected chi connectivity index (χ3v) is 7.35. The largest absolute Gasteiger partial charge is 0.497 e. The van der Waals surface area contributed by atoms with E-state index in [2.05, 4.69) is 17.6 Å². The first-order valence-corrected chi connectivity index (χ1v) is 14.3. The van der Waals surface area contributed by atoms with Crippen molar-refractivity contribution in [3.63, 3.8) is 0 Å². The summed E-state index contributed by atoms with van der Waals surface area (Å²) in [5.41, 5.74) is 3.61. The van der Waals surface area contributed by atoms with Crippen molar-refractivity contribution < 1.29 is 23.8 Å². The van der Waals surface area contributed by atoms with Gasteiger partial charge in [0.1, 0.15) is 12.3 Å². The molecule has 0 saturated carbocycles. The summed E-state index contributed by atoms with van der Waals surface area (Å²) in [5, 5.41) is 0. The van der Waals surface area contributed by atoms with Crippen LogP contribution in [0.2, 0.25) is 0 Å². The second-order valence-electron chi connectivity index (χ2n) is 10.4. The molecule has 2 heterocycles. The normalized spacial score (nSPS) is 11.8. The summed E-state index contributed by atoms with van der Waals surface area (Å²) >= 11 is 0. The van der Waals surface area contributed by atoms with Gasteiger partial charge in [0.2, 0.25) is 12.7 Å². The van der Waals surface area contributed by atoms with Crippen LogP contribution in [-0.2, 0) is 24.4 Å². The second kappa shape index (κ2) is 13.8. The molecule has 218 valence electrons. The topological polar surface area (TPSA) is 73.2 Å². The van der Waals surface area contributed by atoms with Gasteiger partial charge in [0, 0.05) is 37.1 Å². The predicted molar refractivity (Wildman–Crippen MR) is 161 cm³/mol. The molecule has 0 radical (unpaired) electrons. The van der Waals surface area contributed by atoms with Crippen molar-refractivity contribution in [1.82, 2.24) is 14.4 Å². The Hall–Kier alpha value is -4.72. The number of methoxy groups -OCH3 is 1. The summed E-state index contributed by atoms with van der Waals surface area (Å²) in [7, 11) is 1.66. The molecule has 3 aromatic carbocycles. The van der Waals surface area contributed by atoms with Crippen LogP contribution >= 0.6 is 0 Å². The number of aromatic nitrogens is 1. The first-order valence-electron chi connectivity index (χ1n) is 14.3. The molecule has 5 rings (SSSR count). The van der Waals surface area contributed by atoms with Gasteiger partial charge in [0.15, 0.2) is 11.5 Å². The molecule has 0 atom stereocenters. The first-order chi connectivity index (χ1) is 20.5. The van der Waals surface area contributed by atoms with Crippen molar-refractivity contribution in [1.29, 1.82) is 0 Å². The van der Waals surface area contributed by atoms with Crippen LogP contribution in [0.1, 0.15) is 46.9 Å². The summed E-state index contributed by atoms with van der Waals surface area (Å²) < 4.78 is 18.4. The molecule has 42 heavy (non-hydrogen) atoms. The summed E-state index contributed by atoms with van der Waals surface area (Å²) in [5.74, 6) is 1.66. The number of unbranched alkanes of at least 4 members (excludes halogenated alkanes) is 1. The summed E-state index contributed by atoms with van der Waals surface area (Å²) in [4.78, 5) is 31.1. The number of amides is 2. The van der Waals surface area contributed by atoms with E-state index in [1.165, 1.54) is 0 Å². The molecule has 0 fully saturated rings. The number of carbonyl (C=O) groups is 2. The molecular formula is C34H37N3O5. The number of ether oxygens (including phenoxy) is 3. The van der Waals surface area contributed by atoms with Crippen LogP contribution in [0.15, 0.2) is 91.1 Å². The Balaban J connectivity index is 1.36. The lowest BCUT2D eigenvalue weighted by Crippen LogP contribution is -2.43. The van der Waals surface area contributed by atoms with Gasteiger partial charge in [-0.2, -0.15) is 0 Å². The molecule has 1 aliphatic rings. The number of rotatable bonds is 13. The Bertz CT molecular complexity index is 1500. The molecule has 2 amide bonds. The van der Waals surface area contributed by atoms with E-state index in [4.69, 9.17) is 14.2 Å². The smallest absolute Gasteiger partial charge is 0.254 e. The van der Waals surface area contributed by atoms with Gasteiger partial charge in [-0.05, 0) is 60.0 Å².